The van der Waals surface area contributed by atoms with Crippen molar-refractivity contribution in [3.8, 4) is 5.75 Å². The number of rotatable bonds is 6. The van der Waals surface area contributed by atoms with E-state index in [1.54, 1.807) is 24.3 Å². The number of amides is 2. The molecule has 0 heterocycles. The molecule has 2 amide bonds. The van der Waals surface area contributed by atoms with Crippen molar-refractivity contribution in [3.05, 3.63) is 65.7 Å². The summed E-state index contributed by atoms with van der Waals surface area (Å²) >= 11 is 0. The van der Waals surface area contributed by atoms with Gasteiger partial charge in [-0.25, -0.2) is 0 Å². The first-order valence-corrected chi connectivity index (χ1v) is 8.21. The van der Waals surface area contributed by atoms with Gasteiger partial charge in [0, 0.05) is 6.54 Å². The van der Waals surface area contributed by atoms with E-state index >= 15 is 0 Å². The van der Waals surface area contributed by atoms with Crippen LogP contribution in [0.25, 0.3) is 0 Å². The Morgan fingerprint density at radius 1 is 1.00 bits per heavy atom. The van der Waals surface area contributed by atoms with Gasteiger partial charge in [-0.05, 0) is 23.3 Å². The molecular formula is C19H19F3N2O4. The van der Waals surface area contributed by atoms with E-state index < -0.39 is 35.7 Å². The number of ether oxygens (including phenoxy) is 1. The van der Waals surface area contributed by atoms with Crippen LogP contribution >= 0.6 is 0 Å². The highest BCUT2D eigenvalue weighted by Gasteiger charge is 2.55. The van der Waals surface area contributed by atoms with Gasteiger partial charge < -0.3 is 20.5 Å². The number of hydrogen-bond acceptors (Lipinski definition) is 4. The van der Waals surface area contributed by atoms with Crippen molar-refractivity contribution in [1.29, 1.82) is 0 Å². The first-order valence-electron chi connectivity index (χ1n) is 8.21. The summed E-state index contributed by atoms with van der Waals surface area (Å²) in [5, 5.41) is 14.3. The van der Waals surface area contributed by atoms with E-state index in [1.165, 1.54) is 25.3 Å². The van der Waals surface area contributed by atoms with Crippen LogP contribution in [-0.2, 0) is 21.7 Å². The molecule has 1 unspecified atom stereocenters. The number of carbonyl (C=O) groups is 2. The number of nitrogens with one attached hydrogen (secondary N) is 2. The Hall–Kier alpha value is -3.07. The monoisotopic (exact) mass is 396 g/mol. The second kappa shape index (κ2) is 8.75. The molecule has 0 aliphatic carbocycles. The SMILES string of the molecule is COc1cccc(CNC(=O)C(=O)NCC(O)(c2ccccc2)C(F)(F)F)c1. The predicted molar refractivity (Wildman–Crippen MR) is 94.2 cm³/mol. The summed E-state index contributed by atoms with van der Waals surface area (Å²) in [5.74, 6) is -1.86. The van der Waals surface area contributed by atoms with Gasteiger partial charge in [0.05, 0.1) is 13.7 Å². The summed E-state index contributed by atoms with van der Waals surface area (Å²) in [6, 6.07) is 13.0. The number of methoxy groups -OCH3 is 1. The van der Waals surface area contributed by atoms with E-state index in [0.29, 0.717) is 11.3 Å². The lowest BCUT2D eigenvalue weighted by Gasteiger charge is -2.31. The van der Waals surface area contributed by atoms with Crippen LogP contribution < -0.4 is 15.4 Å². The molecule has 9 heteroatoms. The van der Waals surface area contributed by atoms with Gasteiger partial charge in [0.15, 0.2) is 0 Å². The van der Waals surface area contributed by atoms with E-state index in [-0.39, 0.29) is 6.54 Å². The molecule has 2 aromatic rings. The Kier molecular flexibility index (Phi) is 6.63. The van der Waals surface area contributed by atoms with Crippen molar-refractivity contribution in [3.63, 3.8) is 0 Å². The van der Waals surface area contributed by atoms with Crippen LogP contribution in [0.2, 0.25) is 0 Å². The van der Waals surface area contributed by atoms with Gasteiger partial charge in [-0.3, -0.25) is 9.59 Å². The van der Waals surface area contributed by atoms with Crippen LogP contribution in [0.1, 0.15) is 11.1 Å². The Bertz CT molecular complexity index is 827. The number of halogens is 3. The Morgan fingerprint density at radius 2 is 1.64 bits per heavy atom. The maximum absolute atomic E-state index is 13.4. The van der Waals surface area contributed by atoms with E-state index in [4.69, 9.17) is 4.74 Å². The third-order valence-electron chi connectivity index (χ3n) is 4.02. The first kappa shape index (κ1) is 21.2. The smallest absolute Gasteiger partial charge is 0.423 e. The van der Waals surface area contributed by atoms with Crippen molar-refractivity contribution in [1.82, 2.24) is 10.6 Å². The summed E-state index contributed by atoms with van der Waals surface area (Å²) in [7, 11) is 1.47. The average molecular weight is 396 g/mol. The summed E-state index contributed by atoms with van der Waals surface area (Å²) in [6.45, 7) is -1.22. The molecule has 0 spiro atoms. The number of benzene rings is 2. The fraction of sp³-hybridized carbons (Fsp3) is 0.263. The third kappa shape index (κ3) is 5.01. The first-order chi connectivity index (χ1) is 13.2. The maximum atomic E-state index is 13.4. The molecule has 0 aliphatic heterocycles. The van der Waals surface area contributed by atoms with Gasteiger partial charge in [0.25, 0.3) is 0 Å². The summed E-state index contributed by atoms with van der Waals surface area (Å²) in [4.78, 5) is 23.7. The molecule has 0 aromatic heterocycles. The molecule has 0 radical (unpaired) electrons. The fourth-order valence-corrected chi connectivity index (χ4v) is 2.41. The van der Waals surface area contributed by atoms with Crippen molar-refractivity contribution >= 4 is 11.8 Å². The van der Waals surface area contributed by atoms with Gasteiger partial charge in [-0.2, -0.15) is 13.2 Å². The van der Waals surface area contributed by atoms with Gasteiger partial charge in [0.2, 0.25) is 5.60 Å². The molecule has 0 bridgehead atoms. The molecule has 3 N–H and O–H groups in total. The highest BCUT2D eigenvalue weighted by atomic mass is 19.4. The second-order valence-corrected chi connectivity index (χ2v) is 5.94. The zero-order valence-corrected chi connectivity index (χ0v) is 14.9. The summed E-state index contributed by atoms with van der Waals surface area (Å²) in [6.07, 6.45) is -5.06. The molecule has 2 aromatic carbocycles. The van der Waals surface area contributed by atoms with Crippen LogP contribution in [0.15, 0.2) is 54.6 Å². The van der Waals surface area contributed by atoms with Crippen LogP contribution in [0.3, 0.4) is 0 Å². The molecule has 0 saturated carbocycles. The minimum absolute atomic E-state index is 0.0221. The third-order valence-corrected chi connectivity index (χ3v) is 4.02. The predicted octanol–water partition coefficient (Wildman–Crippen LogP) is 1.88. The largest absolute Gasteiger partial charge is 0.497 e. The normalized spacial score (nSPS) is 13.3. The van der Waals surface area contributed by atoms with E-state index in [9.17, 15) is 27.9 Å². The lowest BCUT2D eigenvalue weighted by atomic mass is 9.93. The van der Waals surface area contributed by atoms with E-state index in [1.807, 2.05) is 5.32 Å². The number of hydrogen-bond donors (Lipinski definition) is 3. The quantitative estimate of drug-likeness (QED) is 0.651. The molecule has 1 atom stereocenters. The zero-order chi connectivity index (χ0) is 20.8. The van der Waals surface area contributed by atoms with Crippen LogP contribution in [0, 0.1) is 0 Å². The van der Waals surface area contributed by atoms with Crippen molar-refractivity contribution in [2.75, 3.05) is 13.7 Å². The number of alkyl halides is 3. The van der Waals surface area contributed by atoms with Crippen LogP contribution in [0.4, 0.5) is 13.2 Å². The van der Waals surface area contributed by atoms with Crippen LogP contribution in [0.5, 0.6) is 5.75 Å². The lowest BCUT2D eigenvalue weighted by Crippen LogP contribution is -2.53. The summed E-state index contributed by atoms with van der Waals surface area (Å²) < 4.78 is 45.1. The van der Waals surface area contributed by atoms with Crippen LogP contribution in [-0.4, -0.2) is 36.8 Å². The van der Waals surface area contributed by atoms with Crippen molar-refractivity contribution in [2.45, 2.75) is 18.3 Å². The average Bonchev–Trinajstić information content (AvgIpc) is 2.69. The Morgan fingerprint density at radius 3 is 2.25 bits per heavy atom. The van der Waals surface area contributed by atoms with E-state index in [2.05, 4.69) is 5.32 Å². The minimum atomic E-state index is -5.06. The zero-order valence-electron chi connectivity index (χ0n) is 14.9. The van der Waals surface area contributed by atoms with Gasteiger partial charge in [0.1, 0.15) is 5.75 Å². The highest BCUT2D eigenvalue weighted by Crippen LogP contribution is 2.38. The minimum Gasteiger partial charge on any atom is -0.497 e. The molecule has 150 valence electrons. The van der Waals surface area contributed by atoms with Crippen molar-refractivity contribution in [2.24, 2.45) is 0 Å². The number of carbonyl (C=O) groups excluding carboxylic acids is 2. The highest BCUT2D eigenvalue weighted by molar-refractivity contribution is 6.35. The molecular weight excluding hydrogens is 377 g/mol. The van der Waals surface area contributed by atoms with E-state index in [0.717, 1.165) is 12.1 Å². The summed E-state index contributed by atoms with van der Waals surface area (Å²) in [5.41, 5.74) is -3.13. The Balaban J connectivity index is 1.99. The number of aliphatic hydroxyl groups is 1. The van der Waals surface area contributed by atoms with Crippen molar-refractivity contribution < 1.29 is 32.6 Å². The molecule has 0 saturated heterocycles. The maximum Gasteiger partial charge on any atom is 0.423 e. The second-order valence-electron chi connectivity index (χ2n) is 5.94. The standard InChI is InChI=1S/C19H19F3N2O4/c1-28-15-9-5-6-13(10-15)11-23-16(25)17(26)24-12-18(27,19(20,21)22)14-7-3-2-4-8-14/h2-10,27H,11-12H2,1H3,(H,23,25)(H,24,26). The lowest BCUT2D eigenvalue weighted by molar-refractivity contribution is -0.264. The molecule has 0 aliphatic rings. The van der Waals surface area contributed by atoms with Gasteiger partial charge >= 0.3 is 18.0 Å². The molecule has 28 heavy (non-hydrogen) atoms. The molecule has 2 rings (SSSR count). The topological polar surface area (TPSA) is 87.7 Å². The Labute approximate surface area is 159 Å². The van der Waals surface area contributed by atoms with Gasteiger partial charge in [-0.1, -0.05) is 42.5 Å². The molecule has 6 nitrogen and oxygen atoms in total. The molecule has 0 fully saturated rings. The fourth-order valence-electron chi connectivity index (χ4n) is 2.41. The van der Waals surface area contributed by atoms with Gasteiger partial charge in [-0.15, -0.1) is 0 Å².